The summed E-state index contributed by atoms with van der Waals surface area (Å²) in [5.74, 6) is 0.713. The molecular weight excluding hydrogens is 310 g/mol. The summed E-state index contributed by atoms with van der Waals surface area (Å²) in [5.41, 5.74) is 2.82. The first-order valence-electron chi connectivity index (χ1n) is 8.14. The molecule has 0 spiro atoms. The van der Waals surface area contributed by atoms with Gasteiger partial charge in [-0.3, -0.25) is 4.79 Å². The smallest absolute Gasteiger partial charge is 0.277 e. The molecule has 1 saturated heterocycles. The fourth-order valence-electron chi connectivity index (χ4n) is 3.34. The monoisotopic (exact) mass is 329 g/mol. The number of thioether (sulfide) groups is 1. The second-order valence-electron chi connectivity index (χ2n) is 6.08. The molecule has 6 heteroatoms. The highest BCUT2D eigenvalue weighted by atomic mass is 32.2. The summed E-state index contributed by atoms with van der Waals surface area (Å²) in [6.07, 6.45) is 5.03. The van der Waals surface area contributed by atoms with E-state index in [1.807, 2.05) is 0 Å². The molecule has 1 atom stereocenters. The van der Waals surface area contributed by atoms with Gasteiger partial charge >= 0.3 is 0 Å². The van der Waals surface area contributed by atoms with Crippen LogP contribution in [0.15, 0.2) is 33.9 Å². The molecule has 0 radical (unpaired) electrons. The number of fused-ring (bicyclic) bond motifs is 1. The standard InChI is InChI=1S/C17H19N3O2S/c21-16-9-4-10-20(16)11-15-18-19-17(22-15)23-14-8-3-6-12-5-1-2-7-13(12)14/h1-2,5,7,14H,3-4,6,8-11H2. The highest BCUT2D eigenvalue weighted by Gasteiger charge is 2.25. The predicted octanol–water partition coefficient (Wildman–Crippen LogP) is 3.36. The Morgan fingerprint density at radius 2 is 2.13 bits per heavy atom. The number of likely N-dealkylation sites (tertiary alicyclic amines) is 1. The van der Waals surface area contributed by atoms with Crippen LogP contribution in [0.5, 0.6) is 0 Å². The molecule has 2 aliphatic rings. The third kappa shape index (κ3) is 3.13. The minimum atomic E-state index is 0.179. The van der Waals surface area contributed by atoms with Crippen molar-refractivity contribution in [1.29, 1.82) is 0 Å². The lowest BCUT2D eigenvalue weighted by Gasteiger charge is -2.23. The minimum Gasteiger partial charge on any atom is -0.414 e. The molecule has 1 aromatic heterocycles. The average Bonchev–Trinajstić information content (AvgIpc) is 3.18. The van der Waals surface area contributed by atoms with Gasteiger partial charge in [0.15, 0.2) is 0 Å². The van der Waals surface area contributed by atoms with Crippen LogP contribution in [0.2, 0.25) is 0 Å². The van der Waals surface area contributed by atoms with Gasteiger partial charge < -0.3 is 9.32 Å². The van der Waals surface area contributed by atoms with Crippen molar-refractivity contribution in [2.45, 2.75) is 49.1 Å². The number of carbonyl (C=O) groups excluding carboxylic acids is 1. The van der Waals surface area contributed by atoms with Gasteiger partial charge in [0.1, 0.15) is 0 Å². The Bertz CT molecular complexity index is 715. The van der Waals surface area contributed by atoms with Gasteiger partial charge in [0.25, 0.3) is 5.22 Å². The number of aryl methyl sites for hydroxylation is 1. The average molecular weight is 329 g/mol. The largest absolute Gasteiger partial charge is 0.414 e. The second-order valence-corrected chi connectivity index (χ2v) is 7.23. The Labute approximate surface area is 139 Å². The molecule has 0 saturated carbocycles. The van der Waals surface area contributed by atoms with Crippen LogP contribution in [-0.2, 0) is 17.8 Å². The van der Waals surface area contributed by atoms with Crippen molar-refractivity contribution < 1.29 is 9.21 Å². The Kier molecular flexibility index (Phi) is 4.08. The topological polar surface area (TPSA) is 59.2 Å². The molecule has 1 unspecified atom stereocenters. The number of rotatable bonds is 4. The van der Waals surface area contributed by atoms with Crippen LogP contribution in [0.1, 0.15) is 48.0 Å². The van der Waals surface area contributed by atoms with Crippen LogP contribution in [0.25, 0.3) is 0 Å². The van der Waals surface area contributed by atoms with E-state index < -0.39 is 0 Å². The summed E-state index contributed by atoms with van der Waals surface area (Å²) in [7, 11) is 0. The summed E-state index contributed by atoms with van der Waals surface area (Å²) in [4.78, 5) is 13.5. The summed E-state index contributed by atoms with van der Waals surface area (Å²) >= 11 is 1.64. The molecule has 1 aromatic carbocycles. The van der Waals surface area contributed by atoms with Crippen molar-refractivity contribution >= 4 is 17.7 Å². The SMILES string of the molecule is O=C1CCCN1Cc1nnc(SC2CCCc3ccccc32)o1. The zero-order valence-electron chi connectivity index (χ0n) is 12.9. The molecule has 23 heavy (non-hydrogen) atoms. The third-order valence-electron chi connectivity index (χ3n) is 4.50. The third-order valence-corrected chi connectivity index (χ3v) is 5.64. The maximum atomic E-state index is 11.7. The lowest BCUT2D eigenvalue weighted by Crippen LogP contribution is -2.23. The normalized spacial score (nSPS) is 20.8. The van der Waals surface area contributed by atoms with Gasteiger partial charge in [-0.05, 0) is 36.8 Å². The molecule has 2 aromatic rings. The Hall–Kier alpha value is -1.82. The highest BCUT2D eigenvalue weighted by Crippen LogP contribution is 2.42. The lowest BCUT2D eigenvalue weighted by atomic mass is 9.91. The first-order chi connectivity index (χ1) is 11.3. The van der Waals surface area contributed by atoms with Gasteiger partial charge in [0, 0.05) is 18.2 Å². The summed E-state index contributed by atoms with van der Waals surface area (Å²) < 4.78 is 5.76. The number of carbonyl (C=O) groups is 1. The number of hydrogen-bond donors (Lipinski definition) is 0. The molecule has 1 aliphatic heterocycles. The highest BCUT2D eigenvalue weighted by molar-refractivity contribution is 7.99. The number of amides is 1. The maximum absolute atomic E-state index is 11.7. The molecule has 2 heterocycles. The number of benzene rings is 1. The van der Waals surface area contributed by atoms with Gasteiger partial charge in [-0.2, -0.15) is 0 Å². The molecule has 5 nitrogen and oxygen atoms in total. The van der Waals surface area contributed by atoms with E-state index in [0.717, 1.165) is 25.8 Å². The molecule has 1 amide bonds. The van der Waals surface area contributed by atoms with Gasteiger partial charge in [0.05, 0.1) is 6.54 Å². The van der Waals surface area contributed by atoms with Crippen LogP contribution >= 0.6 is 11.8 Å². The molecule has 0 bridgehead atoms. The molecule has 1 aliphatic carbocycles. The zero-order valence-corrected chi connectivity index (χ0v) is 13.7. The number of nitrogens with zero attached hydrogens (tertiary/aromatic N) is 3. The Balaban J connectivity index is 1.45. The van der Waals surface area contributed by atoms with Crippen molar-refractivity contribution in [3.8, 4) is 0 Å². The van der Waals surface area contributed by atoms with Gasteiger partial charge in [-0.15, -0.1) is 10.2 Å². The van der Waals surface area contributed by atoms with Crippen molar-refractivity contribution in [3.63, 3.8) is 0 Å². The van der Waals surface area contributed by atoms with Gasteiger partial charge in [-0.1, -0.05) is 36.0 Å². The van der Waals surface area contributed by atoms with E-state index >= 15 is 0 Å². The first kappa shape index (κ1) is 14.8. The van der Waals surface area contributed by atoms with E-state index in [1.165, 1.54) is 17.5 Å². The summed E-state index contributed by atoms with van der Waals surface area (Å²) in [6.45, 7) is 1.23. The van der Waals surface area contributed by atoms with Crippen LogP contribution in [0.3, 0.4) is 0 Å². The van der Waals surface area contributed by atoms with Gasteiger partial charge in [-0.25, -0.2) is 0 Å². The minimum absolute atomic E-state index is 0.179. The second kappa shape index (κ2) is 6.35. The summed E-state index contributed by atoms with van der Waals surface area (Å²) in [5, 5.41) is 9.24. The van der Waals surface area contributed by atoms with Crippen molar-refractivity contribution in [2.24, 2.45) is 0 Å². The maximum Gasteiger partial charge on any atom is 0.277 e. The molecule has 0 N–H and O–H groups in total. The van der Waals surface area contributed by atoms with Crippen LogP contribution < -0.4 is 0 Å². The van der Waals surface area contributed by atoms with E-state index in [0.29, 0.717) is 29.3 Å². The van der Waals surface area contributed by atoms with E-state index in [2.05, 4.69) is 34.5 Å². The van der Waals surface area contributed by atoms with Crippen LogP contribution in [0.4, 0.5) is 0 Å². The van der Waals surface area contributed by atoms with E-state index in [4.69, 9.17) is 4.42 Å². The Morgan fingerprint density at radius 1 is 1.22 bits per heavy atom. The molecule has 1 fully saturated rings. The quantitative estimate of drug-likeness (QED) is 0.861. The number of hydrogen-bond acceptors (Lipinski definition) is 5. The van der Waals surface area contributed by atoms with Crippen LogP contribution in [-0.4, -0.2) is 27.5 Å². The predicted molar refractivity (Wildman–Crippen MR) is 86.9 cm³/mol. The Morgan fingerprint density at radius 3 is 3.00 bits per heavy atom. The summed E-state index contributed by atoms with van der Waals surface area (Å²) in [6, 6.07) is 8.60. The first-order valence-corrected chi connectivity index (χ1v) is 9.02. The van der Waals surface area contributed by atoms with Gasteiger partial charge in [0.2, 0.25) is 11.8 Å². The zero-order chi connectivity index (χ0) is 15.6. The van der Waals surface area contributed by atoms with Crippen molar-refractivity contribution in [1.82, 2.24) is 15.1 Å². The fourth-order valence-corrected chi connectivity index (χ4v) is 4.45. The van der Waals surface area contributed by atoms with E-state index in [-0.39, 0.29) is 5.91 Å². The molecule has 4 rings (SSSR count). The van der Waals surface area contributed by atoms with Crippen molar-refractivity contribution in [3.05, 3.63) is 41.3 Å². The van der Waals surface area contributed by atoms with E-state index in [9.17, 15) is 4.79 Å². The van der Waals surface area contributed by atoms with Crippen LogP contribution in [0, 0.1) is 0 Å². The molecule has 120 valence electrons. The lowest BCUT2D eigenvalue weighted by molar-refractivity contribution is -0.128. The number of aromatic nitrogens is 2. The van der Waals surface area contributed by atoms with Crippen molar-refractivity contribution in [2.75, 3.05) is 6.54 Å². The van der Waals surface area contributed by atoms with E-state index in [1.54, 1.807) is 16.7 Å². The molecular formula is C17H19N3O2S. The fraction of sp³-hybridized carbons (Fsp3) is 0.471.